The van der Waals surface area contributed by atoms with Gasteiger partial charge < -0.3 is 30.3 Å². The molecule has 3 rings (SSSR count). The molecular formula is C16H11BrClFeI2P-6. The summed E-state index contributed by atoms with van der Waals surface area (Å²) in [6, 6.07) is 22.4. The molecule has 6 heteroatoms. The van der Waals surface area contributed by atoms with Crippen molar-refractivity contribution in [3.63, 3.8) is 0 Å². The monoisotopic (exact) mass is 658 g/mol. The van der Waals surface area contributed by atoms with Gasteiger partial charge in [0.15, 0.2) is 0 Å². The van der Waals surface area contributed by atoms with E-state index in [1.807, 2.05) is 42.5 Å². The van der Waals surface area contributed by atoms with Gasteiger partial charge >= 0.3 is 0 Å². The second kappa shape index (κ2) is 10.9. The van der Waals surface area contributed by atoms with Crippen LogP contribution in [-0.2, 0) is 17.1 Å². The van der Waals surface area contributed by atoms with E-state index in [0.29, 0.717) is 0 Å². The van der Waals surface area contributed by atoms with Gasteiger partial charge in [0.25, 0.3) is 0 Å². The normalized spacial score (nSPS) is 11.1. The molecule has 3 aromatic carbocycles. The standard InChI is InChI=1S/C11H6BrClI2P.C5H5.Fe/c12-7-5-6-10(11(7)15)16(13)9-4-2-1-3-8(9)14;1-2-4-5-3-1;/h1-6H;1-5H;/q-1;-5;. The Hall–Kier alpha value is 1.10. The summed E-state index contributed by atoms with van der Waals surface area (Å²) in [6.07, 6.45) is 0. The minimum atomic E-state index is -0.764. The van der Waals surface area contributed by atoms with Crippen molar-refractivity contribution in [3.8, 4) is 0 Å². The second-order valence-corrected chi connectivity index (χ2v) is 9.71. The number of benzene rings is 1. The maximum atomic E-state index is 6.59. The minimum Gasteiger partial charge on any atom is -0.748 e. The SMILES string of the molecule is ClP(c1ccccc1I)[c-]1ccc(Br)c1I.[Fe].[cH-]1[cH-][cH-][cH-][cH-]1. The molecule has 0 fully saturated rings. The van der Waals surface area contributed by atoms with Gasteiger partial charge in [-0.2, -0.15) is 12.1 Å². The fourth-order valence-electron chi connectivity index (χ4n) is 1.63. The maximum Gasteiger partial charge on any atom is 0.0212 e. The van der Waals surface area contributed by atoms with Gasteiger partial charge in [-0.05, 0) is 41.2 Å². The molecule has 0 saturated carbocycles. The summed E-state index contributed by atoms with van der Waals surface area (Å²) in [7, 11) is -0.764. The van der Waals surface area contributed by atoms with E-state index < -0.39 is 7.27 Å². The number of hydrogen-bond donors (Lipinski definition) is 0. The quantitative estimate of drug-likeness (QED) is 0.130. The summed E-state index contributed by atoms with van der Waals surface area (Å²) >= 11 is 14.8. The van der Waals surface area contributed by atoms with Crippen LogP contribution < -0.4 is 10.6 Å². The topological polar surface area (TPSA) is 0 Å². The zero-order valence-electron chi connectivity index (χ0n) is 11.2. The van der Waals surface area contributed by atoms with E-state index in [-0.39, 0.29) is 17.1 Å². The third-order valence-electron chi connectivity index (χ3n) is 2.65. The van der Waals surface area contributed by atoms with Gasteiger partial charge in [-0.3, -0.25) is 0 Å². The van der Waals surface area contributed by atoms with E-state index in [0.717, 1.165) is 4.47 Å². The fourth-order valence-corrected chi connectivity index (χ4v) is 7.28. The van der Waals surface area contributed by atoms with E-state index in [4.69, 9.17) is 11.2 Å². The van der Waals surface area contributed by atoms with Crippen molar-refractivity contribution < 1.29 is 17.1 Å². The van der Waals surface area contributed by atoms with Gasteiger partial charge in [0.05, 0.1) is 0 Å². The van der Waals surface area contributed by atoms with Gasteiger partial charge in [0, 0.05) is 20.6 Å². The molecule has 0 amide bonds. The molecule has 0 aliphatic heterocycles. The molecule has 0 N–H and O–H groups in total. The molecule has 0 saturated heterocycles. The number of hydrogen-bond acceptors (Lipinski definition) is 0. The van der Waals surface area contributed by atoms with Crippen molar-refractivity contribution in [2.24, 2.45) is 0 Å². The van der Waals surface area contributed by atoms with Crippen LogP contribution in [0.2, 0.25) is 0 Å². The maximum absolute atomic E-state index is 6.59. The molecule has 0 radical (unpaired) electrons. The third kappa shape index (κ3) is 5.87. The predicted octanol–water partition coefficient (Wildman–Crippen LogP) is 6.37. The zero-order chi connectivity index (χ0) is 15.2. The third-order valence-corrected chi connectivity index (χ3v) is 9.71. The average molecular weight is 659 g/mol. The molecule has 1 unspecified atom stereocenters. The van der Waals surface area contributed by atoms with Crippen LogP contribution in [0, 0.1) is 7.14 Å². The Balaban J connectivity index is 0.000000344. The van der Waals surface area contributed by atoms with Crippen molar-refractivity contribution in [1.82, 2.24) is 0 Å². The van der Waals surface area contributed by atoms with Crippen molar-refractivity contribution in [2.75, 3.05) is 0 Å². The molecule has 0 spiro atoms. The van der Waals surface area contributed by atoms with Crippen LogP contribution in [0.1, 0.15) is 0 Å². The van der Waals surface area contributed by atoms with Crippen LogP contribution >= 0.6 is 79.6 Å². The molecular weight excluding hydrogens is 648 g/mol. The first-order valence-corrected chi connectivity index (χ1v) is 11.3. The van der Waals surface area contributed by atoms with E-state index in [9.17, 15) is 0 Å². The van der Waals surface area contributed by atoms with E-state index >= 15 is 0 Å². The summed E-state index contributed by atoms with van der Waals surface area (Å²) < 4.78 is 3.58. The van der Waals surface area contributed by atoms with Crippen LogP contribution in [0.3, 0.4) is 0 Å². The molecule has 0 heterocycles. The Morgan fingerprint density at radius 3 is 2.00 bits per heavy atom. The number of rotatable bonds is 2. The van der Waals surface area contributed by atoms with Crippen LogP contribution in [0.5, 0.6) is 0 Å². The minimum absolute atomic E-state index is 0. The summed E-state index contributed by atoms with van der Waals surface area (Å²) in [5.41, 5.74) is 0. The predicted molar refractivity (Wildman–Crippen MR) is 116 cm³/mol. The van der Waals surface area contributed by atoms with E-state index in [1.165, 1.54) is 17.7 Å². The Bertz CT molecular complexity index is 668. The van der Waals surface area contributed by atoms with Crippen LogP contribution in [0.15, 0.2) is 71.2 Å². The molecule has 0 nitrogen and oxygen atoms in total. The second-order valence-electron chi connectivity index (χ2n) is 4.07. The van der Waals surface area contributed by atoms with Crippen molar-refractivity contribution in [2.45, 2.75) is 0 Å². The largest absolute Gasteiger partial charge is 0.748 e. The zero-order valence-corrected chi connectivity index (χ0v) is 19.8. The van der Waals surface area contributed by atoms with Gasteiger partial charge in [-0.25, -0.2) is 0 Å². The average Bonchev–Trinajstić information content (AvgIpc) is 3.14. The Morgan fingerprint density at radius 1 is 1.00 bits per heavy atom. The first-order chi connectivity index (χ1) is 10.1. The molecule has 122 valence electrons. The fraction of sp³-hybridized carbons (Fsp3) is 0. The first kappa shape index (κ1) is 21.1. The van der Waals surface area contributed by atoms with Crippen LogP contribution in [0.4, 0.5) is 0 Å². The molecule has 3 aromatic rings. The molecule has 0 aliphatic rings. The van der Waals surface area contributed by atoms with E-state index in [1.54, 1.807) is 0 Å². The van der Waals surface area contributed by atoms with Crippen molar-refractivity contribution >= 4 is 90.2 Å². The summed E-state index contributed by atoms with van der Waals surface area (Å²) in [5.74, 6) is 0. The van der Waals surface area contributed by atoms with Crippen molar-refractivity contribution in [1.29, 1.82) is 0 Å². The Morgan fingerprint density at radius 2 is 1.55 bits per heavy atom. The summed E-state index contributed by atoms with van der Waals surface area (Å²) in [5, 5.41) is 2.46. The Labute approximate surface area is 183 Å². The molecule has 22 heavy (non-hydrogen) atoms. The van der Waals surface area contributed by atoms with Gasteiger partial charge in [0.2, 0.25) is 0 Å². The smallest absolute Gasteiger partial charge is 0.0212 e. The van der Waals surface area contributed by atoms with Gasteiger partial charge in [-0.1, -0.05) is 55.6 Å². The molecule has 0 aliphatic carbocycles. The molecule has 0 aromatic heterocycles. The first-order valence-electron chi connectivity index (χ1n) is 6.09. The van der Waals surface area contributed by atoms with Crippen LogP contribution in [-0.4, -0.2) is 0 Å². The Kier molecular flexibility index (Phi) is 10.4. The molecule has 0 bridgehead atoms. The van der Waals surface area contributed by atoms with E-state index in [2.05, 4.69) is 85.4 Å². The summed E-state index contributed by atoms with van der Waals surface area (Å²) in [6.45, 7) is 0. The number of halogens is 4. The van der Waals surface area contributed by atoms with Crippen molar-refractivity contribution in [3.05, 3.63) is 78.3 Å². The van der Waals surface area contributed by atoms with Gasteiger partial charge in [-0.15, -0.1) is 25.7 Å². The summed E-state index contributed by atoms with van der Waals surface area (Å²) in [4.78, 5) is 0. The van der Waals surface area contributed by atoms with Gasteiger partial charge in [0.1, 0.15) is 0 Å². The molecule has 1 atom stereocenters. The van der Waals surface area contributed by atoms with Crippen LogP contribution in [0.25, 0.3) is 0 Å².